The van der Waals surface area contributed by atoms with Crippen LogP contribution >= 0.6 is 0 Å². The molecule has 2 saturated heterocycles. The predicted octanol–water partition coefficient (Wildman–Crippen LogP) is 2.99. The molecule has 1 unspecified atom stereocenters. The van der Waals surface area contributed by atoms with Gasteiger partial charge in [-0.3, -0.25) is 9.59 Å². The van der Waals surface area contributed by atoms with Gasteiger partial charge in [-0.05, 0) is 24.5 Å². The lowest BCUT2D eigenvalue weighted by Gasteiger charge is -2.55. The van der Waals surface area contributed by atoms with Crippen LogP contribution in [0.5, 0.6) is 0 Å². The van der Waals surface area contributed by atoms with Crippen molar-refractivity contribution in [3.8, 4) is 12.3 Å². The van der Waals surface area contributed by atoms with Crippen molar-refractivity contribution in [2.75, 3.05) is 19.6 Å². The Morgan fingerprint density at radius 2 is 1.78 bits per heavy atom. The molecule has 1 N–H and O–H groups in total. The lowest BCUT2D eigenvalue weighted by molar-refractivity contribution is -0.191. The maximum absolute atomic E-state index is 13.7. The fraction of sp³-hybridized carbons (Fsp3) is 0.393. The zero-order valence-corrected chi connectivity index (χ0v) is 20.8. The van der Waals surface area contributed by atoms with E-state index in [4.69, 9.17) is 6.42 Å². The van der Waals surface area contributed by atoms with Gasteiger partial charge < -0.3 is 15.1 Å². The molecule has 3 atom stereocenters. The Morgan fingerprint density at radius 3 is 2.42 bits per heavy atom. The fourth-order valence-electron chi connectivity index (χ4n) is 5.06. The third-order valence-corrected chi connectivity index (χ3v) is 6.86. The molecule has 4 amide bonds. The maximum atomic E-state index is 13.7. The highest BCUT2D eigenvalue weighted by molar-refractivity contribution is 5.91. The number of fused-ring (bicyclic) bond motifs is 1. The van der Waals surface area contributed by atoms with E-state index in [9.17, 15) is 14.4 Å². The molecule has 0 aliphatic carbocycles. The molecule has 2 aliphatic rings. The Hall–Kier alpha value is -3.83. The first-order chi connectivity index (χ1) is 17.5. The smallest absolute Gasteiger partial charge is 0.333 e. The molecule has 0 aromatic heterocycles. The summed E-state index contributed by atoms with van der Waals surface area (Å²) in [6.07, 6.45) is 6.21. The number of urea groups is 1. The second-order valence-electron chi connectivity index (χ2n) is 9.18. The zero-order valence-electron chi connectivity index (χ0n) is 20.8. The molecule has 2 aromatic carbocycles. The van der Waals surface area contributed by atoms with Gasteiger partial charge in [-0.25, -0.2) is 9.80 Å². The molecule has 188 valence electrons. The number of nitrogens with zero attached hydrogens (tertiary/aromatic N) is 4. The number of hydrazine groups is 1. The van der Waals surface area contributed by atoms with Crippen molar-refractivity contribution in [2.24, 2.45) is 0 Å². The van der Waals surface area contributed by atoms with Crippen LogP contribution in [0.25, 0.3) is 0 Å². The Kier molecular flexibility index (Phi) is 7.91. The average molecular weight is 488 g/mol. The number of hydrogen-bond donors (Lipinski definition) is 1. The third kappa shape index (κ3) is 5.07. The van der Waals surface area contributed by atoms with Crippen LogP contribution in [0.1, 0.15) is 43.9 Å². The van der Waals surface area contributed by atoms with Gasteiger partial charge in [-0.2, -0.15) is 5.01 Å². The van der Waals surface area contributed by atoms with E-state index in [1.165, 1.54) is 0 Å². The van der Waals surface area contributed by atoms with Gasteiger partial charge in [0.25, 0.3) is 0 Å². The van der Waals surface area contributed by atoms with Crippen LogP contribution in [-0.4, -0.2) is 69.5 Å². The summed E-state index contributed by atoms with van der Waals surface area (Å²) in [6.45, 7) is 4.56. The Labute approximate surface area is 212 Å². The molecule has 8 nitrogen and oxygen atoms in total. The highest BCUT2D eigenvalue weighted by atomic mass is 16.2. The summed E-state index contributed by atoms with van der Waals surface area (Å²) < 4.78 is 0. The number of terminal acetylenes is 1. The number of nitrogens with one attached hydrogen (secondary N) is 1. The van der Waals surface area contributed by atoms with Crippen molar-refractivity contribution in [2.45, 2.75) is 51.5 Å². The number of carbonyl (C=O) groups excluding carboxylic acids is 3. The number of hydrogen-bond acceptors (Lipinski definition) is 4. The summed E-state index contributed by atoms with van der Waals surface area (Å²) in [4.78, 5) is 44.0. The largest absolute Gasteiger partial charge is 0.334 e. The first-order valence-corrected chi connectivity index (χ1v) is 12.4. The van der Waals surface area contributed by atoms with Crippen molar-refractivity contribution in [1.82, 2.24) is 25.1 Å². The summed E-state index contributed by atoms with van der Waals surface area (Å²) in [6, 6.07) is 18.2. The first kappa shape index (κ1) is 25.3. The Balaban J connectivity index is 1.67. The van der Waals surface area contributed by atoms with Crippen LogP contribution in [0.4, 0.5) is 4.79 Å². The van der Waals surface area contributed by atoms with E-state index in [-0.39, 0.29) is 43.5 Å². The van der Waals surface area contributed by atoms with Crippen molar-refractivity contribution in [1.29, 1.82) is 0 Å². The van der Waals surface area contributed by atoms with E-state index >= 15 is 0 Å². The van der Waals surface area contributed by atoms with E-state index in [0.717, 1.165) is 17.5 Å². The summed E-state index contributed by atoms with van der Waals surface area (Å²) in [5, 5.41) is 6.12. The minimum absolute atomic E-state index is 0.0544. The van der Waals surface area contributed by atoms with Gasteiger partial charge >= 0.3 is 6.03 Å². The summed E-state index contributed by atoms with van der Waals surface area (Å²) in [5.74, 6) is 2.29. The molecule has 2 aromatic rings. The SMILES string of the molecule is C#CCN1CC(=O)N2[C@@H](CCC)C(=O)N(C(C)c3ccccc3)C[C@@H]2N1C(=O)NCc1ccccc1. The van der Waals surface area contributed by atoms with Crippen molar-refractivity contribution in [3.63, 3.8) is 0 Å². The molecule has 36 heavy (non-hydrogen) atoms. The second kappa shape index (κ2) is 11.3. The van der Waals surface area contributed by atoms with E-state index in [0.29, 0.717) is 13.0 Å². The number of rotatable bonds is 7. The first-order valence-electron chi connectivity index (χ1n) is 12.4. The molecule has 2 aliphatic heterocycles. The van der Waals surface area contributed by atoms with E-state index in [1.807, 2.05) is 74.5 Å². The molecule has 2 fully saturated rings. The molecule has 4 rings (SSSR count). The highest BCUT2D eigenvalue weighted by Gasteiger charge is 2.51. The van der Waals surface area contributed by atoms with E-state index in [2.05, 4.69) is 11.2 Å². The number of carbonyl (C=O) groups is 3. The Morgan fingerprint density at radius 1 is 1.11 bits per heavy atom. The van der Waals surface area contributed by atoms with Gasteiger partial charge in [0.2, 0.25) is 11.8 Å². The van der Waals surface area contributed by atoms with Gasteiger partial charge in [0, 0.05) is 6.54 Å². The normalized spacial score (nSPS) is 21.1. The lowest BCUT2D eigenvalue weighted by Crippen LogP contribution is -2.76. The standard InChI is InChI=1S/C28H33N5O3/c1-4-12-24-27(35)31(21(3)23-15-10-7-11-16-23)19-25-32(24)26(34)20-30(17-5-2)33(25)28(36)29-18-22-13-8-6-9-14-22/h2,6-11,13-16,21,24-25H,4,12,17-20H2,1,3H3,(H,29,36)/t21?,24-,25-/m0/s1. The molecule has 0 radical (unpaired) electrons. The number of piperazine rings is 1. The topological polar surface area (TPSA) is 76.2 Å². The van der Waals surface area contributed by atoms with Gasteiger partial charge in [0.1, 0.15) is 12.2 Å². The summed E-state index contributed by atoms with van der Waals surface area (Å²) in [5.41, 5.74) is 1.96. The molecular weight excluding hydrogens is 454 g/mol. The number of amides is 4. The van der Waals surface area contributed by atoms with Gasteiger partial charge in [-0.15, -0.1) is 6.42 Å². The zero-order chi connectivity index (χ0) is 25.7. The van der Waals surface area contributed by atoms with Crippen LogP contribution < -0.4 is 5.32 Å². The molecule has 0 bridgehead atoms. The van der Waals surface area contributed by atoms with Crippen LogP contribution in [0.3, 0.4) is 0 Å². The summed E-state index contributed by atoms with van der Waals surface area (Å²) in [7, 11) is 0. The fourth-order valence-corrected chi connectivity index (χ4v) is 5.06. The van der Waals surface area contributed by atoms with Gasteiger partial charge in [0.05, 0.1) is 25.7 Å². The van der Waals surface area contributed by atoms with Gasteiger partial charge in [0.15, 0.2) is 0 Å². The molecule has 2 heterocycles. The minimum atomic E-state index is -0.657. The summed E-state index contributed by atoms with van der Waals surface area (Å²) >= 11 is 0. The molecular formula is C28H33N5O3. The van der Waals surface area contributed by atoms with Crippen molar-refractivity contribution >= 4 is 17.8 Å². The van der Waals surface area contributed by atoms with Crippen LogP contribution in [0.15, 0.2) is 60.7 Å². The Bertz CT molecular complexity index is 1120. The maximum Gasteiger partial charge on any atom is 0.334 e. The lowest BCUT2D eigenvalue weighted by atomic mass is 9.98. The minimum Gasteiger partial charge on any atom is -0.333 e. The van der Waals surface area contributed by atoms with Crippen LogP contribution in [0, 0.1) is 12.3 Å². The molecule has 0 saturated carbocycles. The molecule has 0 spiro atoms. The van der Waals surface area contributed by atoms with Crippen molar-refractivity contribution in [3.05, 3.63) is 71.8 Å². The predicted molar refractivity (Wildman–Crippen MR) is 137 cm³/mol. The number of benzene rings is 2. The second-order valence-corrected chi connectivity index (χ2v) is 9.18. The molecule has 8 heteroatoms. The quantitative estimate of drug-likeness (QED) is 0.610. The highest BCUT2D eigenvalue weighted by Crippen LogP contribution is 2.32. The van der Waals surface area contributed by atoms with Crippen molar-refractivity contribution < 1.29 is 14.4 Å². The average Bonchev–Trinajstić information content (AvgIpc) is 2.89. The monoisotopic (exact) mass is 487 g/mol. The third-order valence-electron chi connectivity index (χ3n) is 6.86. The van der Waals surface area contributed by atoms with Crippen LogP contribution in [-0.2, 0) is 16.1 Å². The van der Waals surface area contributed by atoms with E-state index in [1.54, 1.807) is 19.8 Å². The van der Waals surface area contributed by atoms with Crippen LogP contribution in [0.2, 0.25) is 0 Å². The van der Waals surface area contributed by atoms with E-state index < -0.39 is 12.2 Å². The van der Waals surface area contributed by atoms with Gasteiger partial charge in [-0.1, -0.05) is 79.9 Å².